The molecule has 8 heteroatoms. The molecule has 0 spiro atoms. The van der Waals surface area contributed by atoms with Gasteiger partial charge in [0, 0.05) is 11.0 Å². The lowest BCUT2D eigenvalue weighted by Crippen LogP contribution is -2.17. The molecule has 142 valence electrons. The minimum Gasteiger partial charge on any atom is -0.493 e. The Morgan fingerprint density at radius 3 is 2.42 bits per heavy atom. The van der Waals surface area contributed by atoms with Gasteiger partial charge in [-0.1, -0.05) is 28.1 Å². The molecule has 2 rings (SSSR count). The van der Waals surface area contributed by atoms with Crippen LogP contribution in [0.25, 0.3) is 0 Å². The fourth-order valence-corrected chi connectivity index (χ4v) is 3.42. The molecule has 0 bridgehead atoms. The summed E-state index contributed by atoms with van der Waals surface area (Å²) in [5, 5.41) is 8.47. The third-order valence-corrected chi connectivity index (χ3v) is 5.46. The molecule has 0 heterocycles. The van der Waals surface area contributed by atoms with E-state index in [2.05, 4.69) is 21.2 Å². The van der Waals surface area contributed by atoms with Gasteiger partial charge < -0.3 is 14.8 Å². The van der Waals surface area contributed by atoms with Gasteiger partial charge >= 0.3 is 0 Å². The van der Waals surface area contributed by atoms with Crippen LogP contribution in [0.3, 0.4) is 0 Å². The normalized spacial score (nSPS) is 11.4. The van der Waals surface area contributed by atoms with E-state index < -0.39 is 10.0 Å². The maximum atomic E-state index is 11.3. The van der Waals surface area contributed by atoms with Crippen molar-refractivity contribution in [2.75, 3.05) is 20.3 Å². The number of sulfonamides is 1. The third kappa shape index (κ3) is 5.70. The first-order chi connectivity index (χ1) is 12.3. The van der Waals surface area contributed by atoms with E-state index >= 15 is 0 Å². The Morgan fingerprint density at radius 1 is 1.15 bits per heavy atom. The lowest BCUT2D eigenvalue weighted by Gasteiger charge is -2.13. The third-order valence-electron chi connectivity index (χ3n) is 3.79. The number of ether oxygens (including phenoxy) is 2. The van der Waals surface area contributed by atoms with E-state index in [1.807, 2.05) is 19.1 Å². The summed E-state index contributed by atoms with van der Waals surface area (Å²) in [6.07, 6.45) is 0.774. The first-order valence-corrected chi connectivity index (χ1v) is 10.5. The smallest absolute Gasteiger partial charge is 0.238 e. The molecule has 0 aliphatic carbocycles. The highest BCUT2D eigenvalue weighted by atomic mass is 79.9. The van der Waals surface area contributed by atoms with Crippen LogP contribution < -0.4 is 19.9 Å². The number of hydrogen-bond acceptors (Lipinski definition) is 5. The summed E-state index contributed by atoms with van der Waals surface area (Å²) in [6, 6.07) is 10.5. The van der Waals surface area contributed by atoms with Gasteiger partial charge in [0.1, 0.15) is 0 Å². The molecule has 0 aromatic heterocycles. The van der Waals surface area contributed by atoms with E-state index in [1.165, 1.54) is 12.1 Å². The fourth-order valence-electron chi connectivity index (χ4n) is 2.44. The van der Waals surface area contributed by atoms with Crippen molar-refractivity contribution in [3.8, 4) is 11.5 Å². The minimum absolute atomic E-state index is 0.125. The van der Waals surface area contributed by atoms with E-state index in [-0.39, 0.29) is 4.90 Å². The van der Waals surface area contributed by atoms with Crippen molar-refractivity contribution in [3.63, 3.8) is 0 Å². The van der Waals surface area contributed by atoms with Crippen molar-refractivity contribution in [1.29, 1.82) is 0 Å². The number of primary sulfonamides is 1. The number of nitrogens with one attached hydrogen (secondary N) is 1. The summed E-state index contributed by atoms with van der Waals surface area (Å²) < 4.78 is 34.4. The second kappa shape index (κ2) is 9.36. The van der Waals surface area contributed by atoms with Crippen molar-refractivity contribution in [2.45, 2.75) is 24.8 Å². The second-order valence-electron chi connectivity index (χ2n) is 5.64. The Morgan fingerprint density at radius 2 is 1.85 bits per heavy atom. The van der Waals surface area contributed by atoms with Gasteiger partial charge in [-0.2, -0.15) is 0 Å². The van der Waals surface area contributed by atoms with E-state index in [4.69, 9.17) is 14.6 Å². The average Bonchev–Trinajstić information content (AvgIpc) is 2.60. The molecule has 0 aliphatic rings. The molecule has 0 radical (unpaired) electrons. The van der Waals surface area contributed by atoms with Gasteiger partial charge in [-0.25, -0.2) is 13.6 Å². The Hall–Kier alpha value is -1.61. The Balaban J connectivity index is 1.91. The lowest BCUT2D eigenvalue weighted by molar-refractivity contribution is 0.310. The molecular formula is C18H23BrN2O4S. The zero-order valence-corrected chi connectivity index (χ0v) is 17.2. The number of halogens is 1. The van der Waals surface area contributed by atoms with Crippen LogP contribution in [-0.4, -0.2) is 28.7 Å². The molecule has 0 fully saturated rings. The summed E-state index contributed by atoms with van der Waals surface area (Å²) in [6.45, 7) is 3.91. The number of rotatable bonds is 9. The summed E-state index contributed by atoms with van der Waals surface area (Å²) in [5.41, 5.74) is 2.10. The molecule has 6 nitrogen and oxygen atoms in total. The van der Waals surface area contributed by atoms with Crippen LogP contribution in [0.4, 0.5) is 0 Å². The number of methoxy groups -OCH3 is 1. The van der Waals surface area contributed by atoms with Crippen molar-refractivity contribution in [1.82, 2.24) is 5.32 Å². The largest absolute Gasteiger partial charge is 0.493 e. The molecule has 3 N–H and O–H groups in total. The highest BCUT2D eigenvalue weighted by molar-refractivity contribution is 9.10. The molecule has 0 amide bonds. The SMILES string of the molecule is CCOc1cc(Br)c(CNCCc2ccc(S(N)(=O)=O)cc2)cc1OC. The van der Waals surface area contributed by atoms with E-state index in [1.54, 1.807) is 19.2 Å². The number of benzene rings is 2. The first-order valence-electron chi connectivity index (χ1n) is 8.16. The monoisotopic (exact) mass is 442 g/mol. The predicted octanol–water partition coefficient (Wildman–Crippen LogP) is 2.84. The summed E-state index contributed by atoms with van der Waals surface area (Å²) in [4.78, 5) is 0.125. The number of nitrogens with two attached hydrogens (primary N) is 1. The van der Waals surface area contributed by atoms with Crippen LogP contribution in [0.5, 0.6) is 11.5 Å². The van der Waals surface area contributed by atoms with Crippen molar-refractivity contribution in [3.05, 3.63) is 52.0 Å². The molecule has 0 atom stereocenters. The maximum Gasteiger partial charge on any atom is 0.238 e. The highest BCUT2D eigenvalue weighted by Crippen LogP contribution is 2.33. The standard InChI is InChI=1S/C18H23BrN2O4S/c1-3-25-18-11-16(19)14(10-17(18)24-2)12-21-9-8-13-4-6-15(7-5-13)26(20,22)23/h4-7,10-11,21H,3,8-9,12H2,1-2H3,(H2,20,22,23). The zero-order valence-electron chi connectivity index (χ0n) is 14.8. The molecule has 0 aliphatic heterocycles. The molecule has 2 aromatic rings. The Bertz CT molecular complexity index is 839. The van der Waals surface area contributed by atoms with Crippen LogP contribution in [0.2, 0.25) is 0 Å². The van der Waals surface area contributed by atoms with Crippen molar-refractivity contribution >= 4 is 26.0 Å². The molecule has 26 heavy (non-hydrogen) atoms. The minimum atomic E-state index is -3.64. The van der Waals surface area contributed by atoms with Crippen molar-refractivity contribution in [2.24, 2.45) is 5.14 Å². The van der Waals surface area contributed by atoms with Gasteiger partial charge in [0.15, 0.2) is 11.5 Å². The molecule has 2 aromatic carbocycles. The van der Waals surface area contributed by atoms with Crippen LogP contribution in [0.1, 0.15) is 18.1 Å². The summed E-state index contributed by atoms with van der Waals surface area (Å²) >= 11 is 3.56. The van der Waals surface area contributed by atoms with E-state index in [0.717, 1.165) is 28.6 Å². The second-order valence-corrected chi connectivity index (χ2v) is 8.06. The Kier molecular flexibility index (Phi) is 7.45. The molecule has 0 unspecified atom stereocenters. The first kappa shape index (κ1) is 20.7. The van der Waals surface area contributed by atoms with Crippen LogP contribution >= 0.6 is 15.9 Å². The van der Waals surface area contributed by atoms with Gasteiger partial charge in [0.05, 0.1) is 18.6 Å². The molecule has 0 saturated carbocycles. The maximum absolute atomic E-state index is 11.3. The van der Waals surface area contributed by atoms with Gasteiger partial charge in [0.25, 0.3) is 0 Å². The lowest BCUT2D eigenvalue weighted by atomic mass is 10.1. The zero-order chi connectivity index (χ0) is 19.2. The predicted molar refractivity (Wildman–Crippen MR) is 105 cm³/mol. The molecular weight excluding hydrogens is 420 g/mol. The average molecular weight is 443 g/mol. The van der Waals surface area contributed by atoms with Crippen LogP contribution in [-0.2, 0) is 23.0 Å². The quantitative estimate of drug-likeness (QED) is 0.582. The van der Waals surface area contributed by atoms with Crippen molar-refractivity contribution < 1.29 is 17.9 Å². The molecule has 0 saturated heterocycles. The Labute approximate surface area is 162 Å². The topological polar surface area (TPSA) is 90.6 Å². The number of hydrogen-bond donors (Lipinski definition) is 2. The van der Waals surface area contributed by atoms with Crippen LogP contribution in [0, 0.1) is 0 Å². The van der Waals surface area contributed by atoms with Crippen LogP contribution in [0.15, 0.2) is 45.8 Å². The van der Waals surface area contributed by atoms with E-state index in [0.29, 0.717) is 24.7 Å². The van der Waals surface area contributed by atoms with E-state index in [9.17, 15) is 8.42 Å². The van der Waals surface area contributed by atoms with Gasteiger partial charge in [-0.15, -0.1) is 0 Å². The summed E-state index contributed by atoms with van der Waals surface area (Å²) in [5.74, 6) is 1.41. The van der Waals surface area contributed by atoms with Gasteiger partial charge in [-0.3, -0.25) is 0 Å². The highest BCUT2D eigenvalue weighted by Gasteiger charge is 2.10. The van der Waals surface area contributed by atoms with Gasteiger partial charge in [0.2, 0.25) is 10.0 Å². The summed E-state index contributed by atoms with van der Waals surface area (Å²) in [7, 11) is -2.02. The fraction of sp³-hybridized carbons (Fsp3) is 0.333. The van der Waals surface area contributed by atoms with Gasteiger partial charge in [-0.05, 0) is 55.3 Å².